The van der Waals surface area contributed by atoms with Crippen molar-refractivity contribution in [3.05, 3.63) is 59.7 Å². The van der Waals surface area contributed by atoms with E-state index in [1.165, 1.54) is 0 Å². The average molecular weight is 243 g/mol. The first kappa shape index (κ1) is 12.5. The summed E-state index contributed by atoms with van der Waals surface area (Å²) in [6.45, 7) is 2.12. The van der Waals surface area contributed by atoms with Crippen molar-refractivity contribution >= 4 is 5.69 Å². The van der Waals surface area contributed by atoms with E-state index in [0.29, 0.717) is 11.4 Å². The van der Waals surface area contributed by atoms with E-state index in [4.69, 9.17) is 10.5 Å². The summed E-state index contributed by atoms with van der Waals surface area (Å²) in [5.41, 5.74) is 8.24. The van der Waals surface area contributed by atoms with Gasteiger partial charge in [0.2, 0.25) is 0 Å². The lowest BCUT2D eigenvalue weighted by atomic mass is 10.1. The van der Waals surface area contributed by atoms with Gasteiger partial charge in [0, 0.05) is 0 Å². The van der Waals surface area contributed by atoms with Crippen molar-refractivity contribution in [2.75, 3.05) is 12.3 Å². The minimum absolute atomic E-state index is 0.194. The van der Waals surface area contributed by atoms with Crippen LogP contribution in [0.2, 0.25) is 0 Å². The van der Waals surface area contributed by atoms with Gasteiger partial charge >= 0.3 is 0 Å². The summed E-state index contributed by atoms with van der Waals surface area (Å²) in [7, 11) is 0. The third-order valence-corrected chi connectivity index (χ3v) is 2.81. The normalized spacial score (nSPS) is 12.1. The summed E-state index contributed by atoms with van der Waals surface area (Å²) >= 11 is 0. The first-order valence-corrected chi connectivity index (χ1v) is 5.89. The quantitative estimate of drug-likeness (QED) is 0.812. The van der Waals surface area contributed by atoms with Crippen LogP contribution in [-0.2, 0) is 0 Å². The van der Waals surface area contributed by atoms with Crippen molar-refractivity contribution in [2.24, 2.45) is 0 Å². The highest BCUT2D eigenvalue weighted by atomic mass is 16.5. The molecule has 0 aliphatic carbocycles. The van der Waals surface area contributed by atoms with Gasteiger partial charge < -0.3 is 15.6 Å². The van der Waals surface area contributed by atoms with Crippen molar-refractivity contribution in [3.8, 4) is 5.75 Å². The summed E-state index contributed by atoms with van der Waals surface area (Å²) in [6, 6.07) is 15.0. The van der Waals surface area contributed by atoms with Gasteiger partial charge in [-0.25, -0.2) is 0 Å². The molecule has 94 valence electrons. The van der Waals surface area contributed by atoms with E-state index in [1.807, 2.05) is 49.4 Å². The molecular weight excluding hydrogens is 226 g/mol. The Kier molecular flexibility index (Phi) is 3.85. The largest absolute Gasteiger partial charge is 0.488 e. The van der Waals surface area contributed by atoms with Crippen LogP contribution in [-0.4, -0.2) is 11.7 Å². The highest BCUT2D eigenvalue weighted by molar-refractivity contribution is 5.56. The number of aliphatic hydroxyl groups excluding tert-OH is 1. The number of para-hydroxylation sites is 1. The number of rotatable bonds is 4. The van der Waals surface area contributed by atoms with Gasteiger partial charge in [0.15, 0.2) is 0 Å². The van der Waals surface area contributed by atoms with Gasteiger partial charge in [0.25, 0.3) is 0 Å². The molecule has 3 nitrogen and oxygen atoms in total. The highest BCUT2D eigenvalue weighted by Crippen LogP contribution is 2.26. The molecule has 0 aliphatic heterocycles. The Morgan fingerprint density at radius 1 is 1.11 bits per heavy atom. The van der Waals surface area contributed by atoms with Crippen LogP contribution in [0.25, 0.3) is 0 Å². The minimum Gasteiger partial charge on any atom is -0.488 e. The van der Waals surface area contributed by atoms with E-state index in [-0.39, 0.29) is 6.61 Å². The molecule has 0 aromatic heterocycles. The second kappa shape index (κ2) is 5.56. The van der Waals surface area contributed by atoms with Gasteiger partial charge in [-0.3, -0.25) is 0 Å². The Labute approximate surface area is 107 Å². The molecule has 0 heterocycles. The minimum atomic E-state index is -0.648. The van der Waals surface area contributed by atoms with Crippen LogP contribution in [0.1, 0.15) is 17.2 Å². The standard InChI is InChI=1S/C15H17NO2/c1-11-6-5-9-13(16)15(11)18-10-14(17)12-7-3-2-4-8-12/h2-9,14,17H,10,16H2,1H3. The first-order valence-electron chi connectivity index (χ1n) is 5.89. The number of anilines is 1. The zero-order valence-corrected chi connectivity index (χ0v) is 10.3. The predicted molar refractivity (Wildman–Crippen MR) is 72.5 cm³/mol. The monoisotopic (exact) mass is 243 g/mol. The Bertz CT molecular complexity index is 491. The van der Waals surface area contributed by atoms with Crippen LogP contribution in [0.3, 0.4) is 0 Å². The van der Waals surface area contributed by atoms with Crippen molar-refractivity contribution < 1.29 is 9.84 Å². The van der Waals surface area contributed by atoms with Gasteiger partial charge in [-0.2, -0.15) is 0 Å². The Morgan fingerprint density at radius 2 is 1.83 bits per heavy atom. The van der Waals surface area contributed by atoms with Gasteiger partial charge in [-0.1, -0.05) is 42.5 Å². The number of hydrogen-bond donors (Lipinski definition) is 2. The van der Waals surface area contributed by atoms with Crippen LogP contribution >= 0.6 is 0 Å². The molecule has 1 atom stereocenters. The number of aryl methyl sites for hydroxylation is 1. The lowest BCUT2D eigenvalue weighted by Gasteiger charge is -2.15. The SMILES string of the molecule is Cc1cccc(N)c1OCC(O)c1ccccc1. The van der Waals surface area contributed by atoms with E-state index in [9.17, 15) is 5.11 Å². The summed E-state index contributed by atoms with van der Waals surface area (Å²) < 4.78 is 5.61. The third-order valence-electron chi connectivity index (χ3n) is 2.81. The molecule has 1 unspecified atom stereocenters. The Hall–Kier alpha value is -2.00. The molecule has 0 radical (unpaired) electrons. The number of ether oxygens (including phenoxy) is 1. The van der Waals surface area contributed by atoms with Crippen LogP contribution in [0, 0.1) is 6.92 Å². The van der Waals surface area contributed by atoms with Crippen LogP contribution < -0.4 is 10.5 Å². The molecule has 0 saturated carbocycles. The van der Waals surface area contributed by atoms with Gasteiger partial charge in [-0.05, 0) is 24.1 Å². The zero-order valence-electron chi connectivity index (χ0n) is 10.3. The number of aliphatic hydroxyl groups is 1. The number of nitrogen functional groups attached to an aromatic ring is 1. The maximum absolute atomic E-state index is 10.00. The fraction of sp³-hybridized carbons (Fsp3) is 0.200. The van der Waals surface area contributed by atoms with Crippen LogP contribution in [0.5, 0.6) is 5.75 Å². The van der Waals surface area contributed by atoms with E-state index in [2.05, 4.69) is 0 Å². The number of nitrogens with two attached hydrogens (primary N) is 1. The van der Waals surface area contributed by atoms with Crippen molar-refractivity contribution in [2.45, 2.75) is 13.0 Å². The molecule has 0 bridgehead atoms. The maximum Gasteiger partial charge on any atom is 0.145 e. The highest BCUT2D eigenvalue weighted by Gasteiger charge is 2.10. The molecule has 0 fully saturated rings. The molecule has 2 aromatic carbocycles. The summed E-state index contributed by atoms with van der Waals surface area (Å²) in [5.74, 6) is 0.646. The Morgan fingerprint density at radius 3 is 2.50 bits per heavy atom. The molecule has 3 heteroatoms. The predicted octanol–water partition coefficient (Wildman–Crippen LogP) is 2.69. The lowest BCUT2D eigenvalue weighted by Crippen LogP contribution is -2.11. The topological polar surface area (TPSA) is 55.5 Å². The smallest absolute Gasteiger partial charge is 0.145 e. The van der Waals surface area contributed by atoms with Gasteiger partial charge in [0.05, 0.1) is 5.69 Å². The average Bonchev–Trinajstić information content (AvgIpc) is 2.39. The number of benzene rings is 2. The van der Waals surface area contributed by atoms with Crippen molar-refractivity contribution in [3.63, 3.8) is 0 Å². The second-order valence-electron chi connectivity index (χ2n) is 4.23. The fourth-order valence-electron chi connectivity index (χ4n) is 1.81. The fourth-order valence-corrected chi connectivity index (χ4v) is 1.81. The number of hydrogen-bond acceptors (Lipinski definition) is 3. The summed E-state index contributed by atoms with van der Waals surface area (Å²) in [4.78, 5) is 0. The van der Waals surface area contributed by atoms with Crippen LogP contribution in [0.15, 0.2) is 48.5 Å². The second-order valence-corrected chi connectivity index (χ2v) is 4.23. The summed E-state index contributed by atoms with van der Waals surface area (Å²) in [6.07, 6.45) is -0.648. The molecule has 0 saturated heterocycles. The van der Waals surface area contributed by atoms with Crippen molar-refractivity contribution in [1.29, 1.82) is 0 Å². The molecular formula is C15H17NO2. The maximum atomic E-state index is 10.00. The summed E-state index contributed by atoms with van der Waals surface area (Å²) in [5, 5.41) is 10.00. The van der Waals surface area contributed by atoms with Gasteiger partial charge in [-0.15, -0.1) is 0 Å². The third kappa shape index (κ3) is 2.81. The van der Waals surface area contributed by atoms with E-state index < -0.39 is 6.10 Å². The molecule has 0 aliphatic rings. The Balaban J connectivity index is 2.04. The van der Waals surface area contributed by atoms with E-state index in [0.717, 1.165) is 11.1 Å². The molecule has 3 N–H and O–H groups in total. The van der Waals surface area contributed by atoms with E-state index >= 15 is 0 Å². The lowest BCUT2D eigenvalue weighted by molar-refractivity contribution is 0.108. The first-order chi connectivity index (χ1) is 8.68. The van der Waals surface area contributed by atoms with E-state index in [1.54, 1.807) is 6.07 Å². The molecule has 2 aromatic rings. The zero-order chi connectivity index (χ0) is 13.0. The molecule has 2 rings (SSSR count). The molecule has 18 heavy (non-hydrogen) atoms. The van der Waals surface area contributed by atoms with Gasteiger partial charge in [0.1, 0.15) is 18.5 Å². The molecule has 0 amide bonds. The van der Waals surface area contributed by atoms with Crippen molar-refractivity contribution in [1.82, 2.24) is 0 Å². The molecule has 0 spiro atoms. The van der Waals surface area contributed by atoms with Crippen LogP contribution in [0.4, 0.5) is 5.69 Å².